The second-order valence-electron chi connectivity index (χ2n) is 4.12. The van der Waals surface area contributed by atoms with Gasteiger partial charge < -0.3 is 9.84 Å². The maximum absolute atomic E-state index is 12.1. The van der Waals surface area contributed by atoms with Gasteiger partial charge in [0.2, 0.25) is 0 Å². The van der Waals surface area contributed by atoms with E-state index in [1.807, 2.05) is 0 Å². The third-order valence-corrected chi connectivity index (χ3v) is 2.58. The van der Waals surface area contributed by atoms with Crippen molar-refractivity contribution in [1.82, 2.24) is 4.90 Å². The zero-order valence-electron chi connectivity index (χ0n) is 10.4. The van der Waals surface area contributed by atoms with Gasteiger partial charge >= 0.3 is 12.3 Å². The van der Waals surface area contributed by atoms with Crippen LogP contribution < -0.4 is 4.74 Å². The second-order valence-corrected chi connectivity index (χ2v) is 4.12. The molecule has 0 amide bonds. The number of benzene rings is 1. The van der Waals surface area contributed by atoms with Gasteiger partial charge in [0.25, 0.3) is 0 Å². The average molecular weight is 277 g/mol. The SMILES string of the molecule is C[C@H](C(=O)O)N(C)Cc1cccc(OC(F)(F)F)c1. The van der Waals surface area contributed by atoms with Gasteiger partial charge in [-0.2, -0.15) is 0 Å². The average Bonchev–Trinajstić information content (AvgIpc) is 2.25. The minimum absolute atomic E-state index is 0.211. The first kappa shape index (κ1) is 15.3. The summed E-state index contributed by atoms with van der Waals surface area (Å²) >= 11 is 0. The molecule has 1 rings (SSSR count). The summed E-state index contributed by atoms with van der Waals surface area (Å²) in [5.41, 5.74) is 0.539. The van der Waals surface area contributed by atoms with Gasteiger partial charge in [-0.3, -0.25) is 9.69 Å². The maximum Gasteiger partial charge on any atom is 0.573 e. The van der Waals surface area contributed by atoms with Crippen molar-refractivity contribution in [3.63, 3.8) is 0 Å². The van der Waals surface area contributed by atoms with Crippen LogP contribution in [0.5, 0.6) is 5.75 Å². The van der Waals surface area contributed by atoms with Gasteiger partial charge in [0.05, 0.1) is 0 Å². The van der Waals surface area contributed by atoms with E-state index in [9.17, 15) is 18.0 Å². The van der Waals surface area contributed by atoms with Crippen LogP contribution in [0.2, 0.25) is 0 Å². The summed E-state index contributed by atoms with van der Waals surface area (Å²) in [5, 5.41) is 8.82. The number of nitrogens with zero attached hydrogens (tertiary/aromatic N) is 1. The Morgan fingerprint density at radius 3 is 2.63 bits per heavy atom. The minimum atomic E-state index is -4.74. The lowest BCUT2D eigenvalue weighted by atomic mass is 10.2. The summed E-state index contributed by atoms with van der Waals surface area (Å²) in [6, 6.07) is 4.73. The molecule has 0 unspecified atom stereocenters. The number of carbonyl (C=O) groups is 1. The zero-order chi connectivity index (χ0) is 14.6. The molecule has 0 heterocycles. The third-order valence-electron chi connectivity index (χ3n) is 2.58. The summed E-state index contributed by atoms with van der Waals surface area (Å²) in [4.78, 5) is 12.3. The molecule has 0 aliphatic carbocycles. The number of likely N-dealkylation sites (N-methyl/N-ethyl adjacent to an activating group) is 1. The van der Waals surface area contributed by atoms with Crippen LogP contribution in [0, 0.1) is 0 Å². The Morgan fingerprint density at radius 2 is 2.11 bits per heavy atom. The van der Waals surface area contributed by atoms with Crippen molar-refractivity contribution in [2.24, 2.45) is 0 Å². The number of aliphatic carboxylic acids is 1. The largest absolute Gasteiger partial charge is 0.573 e. The Kier molecular flexibility index (Phi) is 4.77. The molecule has 0 spiro atoms. The van der Waals surface area contributed by atoms with Crippen LogP contribution in [-0.2, 0) is 11.3 Å². The molecule has 1 N–H and O–H groups in total. The van der Waals surface area contributed by atoms with Crippen molar-refractivity contribution >= 4 is 5.97 Å². The van der Waals surface area contributed by atoms with E-state index in [1.165, 1.54) is 30.0 Å². The van der Waals surface area contributed by atoms with Gasteiger partial charge in [0.15, 0.2) is 0 Å². The second kappa shape index (κ2) is 5.92. The molecule has 0 aromatic heterocycles. The van der Waals surface area contributed by atoms with E-state index in [4.69, 9.17) is 5.11 Å². The van der Waals surface area contributed by atoms with Gasteiger partial charge in [-0.05, 0) is 31.7 Å². The maximum atomic E-state index is 12.1. The van der Waals surface area contributed by atoms with Gasteiger partial charge in [0, 0.05) is 6.54 Å². The lowest BCUT2D eigenvalue weighted by molar-refractivity contribution is -0.274. The number of halogens is 3. The third kappa shape index (κ3) is 5.17. The van der Waals surface area contributed by atoms with Crippen LogP contribution in [0.25, 0.3) is 0 Å². The highest BCUT2D eigenvalue weighted by Crippen LogP contribution is 2.23. The van der Waals surface area contributed by atoms with E-state index in [-0.39, 0.29) is 12.3 Å². The molecule has 19 heavy (non-hydrogen) atoms. The number of carboxylic acids is 1. The Morgan fingerprint density at radius 1 is 1.47 bits per heavy atom. The monoisotopic (exact) mass is 277 g/mol. The van der Waals surface area contributed by atoms with Crippen LogP contribution in [-0.4, -0.2) is 35.4 Å². The van der Waals surface area contributed by atoms with E-state index in [1.54, 1.807) is 13.1 Å². The zero-order valence-corrected chi connectivity index (χ0v) is 10.4. The topological polar surface area (TPSA) is 49.8 Å². The fourth-order valence-corrected chi connectivity index (χ4v) is 1.45. The first-order valence-electron chi connectivity index (χ1n) is 5.47. The van der Waals surface area contributed by atoms with Crippen molar-refractivity contribution in [3.05, 3.63) is 29.8 Å². The fraction of sp³-hybridized carbons (Fsp3) is 0.417. The van der Waals surface area contributed by atoms with Crippen molar-refractivity contribution in [2.45, 2.75) is 25.9 Å². The van der Waals surface area contributed by atoms with E-state index in [0.717, 1.165) is 0 Å². The first-order valence-corrected chi connectivity index (χ1v) is 5.47. The van der Waals surface area contributed by atoms with E-state index in [0.29, 0.717) is 5.56 Å². The highest BCUT2D eigenvalue weighted by Gasteiger charge is 2.31. The molecule has 1 aromatic carbocycles. The smallest absolute Gasteiger partial charge is 0.480 e. The highest BCUT2D eigenvalue weighted by atomic mass is 19.4. The Balaban J connectivity index is 2.75. The standard InChI is InChI=1S/C12H14F3NO3/c1-8(11(17)18)16(2)7-9-4-3-5-10(6-9)19-12(13,14)15/h3-6,8H,7H2,1-2H3,(H,17,18)/t8-/m1/s1. The molecule has 4 nitrogen and oxygen atoms in total. The van der Waals surface area contributed by atoms with Crippen molar-refractivity contribution < 1.29 is 27.8 Å². The molecule has 0 aliphatic heterocycles. The quantitative estimate of drug-likeness (QED) is 0.898. The van der Waals surface area contributed by atoms with Crippen LogP contribution in [0.4, 0.5) is 13.2 Å². The number of rotatable bonds is 5. The van der Waals surface area contributed by atoms with Gasteiger partial charge in [-0.25, -0.2) is 0 Å². The normalized spacial score (nSPS) is 13.4. The Hall–Kier alpha value is -1.76. The summed E-state index contributed by atoms with van der Waals surface area (Å²) in [6.07, 6.45) is -4.74. The van der Waals surface area contributed by atoms with Crippen molar-refractivity contribution in [3.8, 4) is 5.75 Å². The fourth-order valence-electron chi connectivity index (χ4n) is 1.45. The molecule has 0 bridgehead atoms. The Labute approximate surface area is 108 Å². The van der Waals surface area contributed by atoms with Crippen molar-refractivity contribution in [2.75, 3.05) is 7.05 Å². The molecular weight excluding hydrogens is 263 g/mol. The summed E-state index contributed by atoms with van der Waals surface area (Å²) < 4.78 is 40.0. The van der Waals surface area contributed by atoms with Gasteiger partial charge in [0.1, 0.15) is 11.8 Å². The van der Waals surface area contributed by atoms with Crippen molar-refractivity contribution in [1.29, 1.82) is 0 Å². The summed E-state index contributed by atoms with van der Waals surface area (Å²) in [5.74, 6) is -1.31. The van der Waals surface area contributed by atoms with Crippen LogP contribution in [0.3, 0.4) is 0 Å². The number of ether oxygens (including phenoxy) is 1. The lowest BCUT2D eigenvalue weighted by Gasteiger charge is -2.21. The predicted molar refractivity (Wildman–Crippen MR) is 61.7 cm³/mol. The predicted octanol–water partition coefficient (Wildman–Crippen LogP) is 2.49. The summed E-state index contributed by atoms with van der Waals surface area (Å²) in [6.45, 7) is 1.71. The number of alkyl halides is 3. The van der Waals surface area contributed by atoms with Crippen LogP contribution in [0.15, 0.2) is 24.3 Å². The lowest BCUT2D eigenvalue weighted by Crippen LogP contribution is -2.35. The van der Waals surface area contributed by atoms with E-state index >= 15 is 0 Å². The molecule has 1 aromatic rings. The van der Waals surface area contributed by atoms with Crippen LogP contribution in [0.1, 0.15) is 12.5 Å². The number of hydrogen-bond donors (Lipinski definition) is 1. The molecule has 0 fully saturated rings. The van der Waals surface area contributed by atoms with E-state index in [2.05, 4.69) is 4.74 Å². The number of hydrogen-bond acceptors (Lipinski definition) is 3. The molecule has 106 valence electrons. The van der Waals surface area contributed by atoms with Crippen LogP contribution >= 0.6 is 0 Å². The first-order chi connectivity index (χ1) is 8.69. The molecule has 1 atom stereocenters. The number of carboxylic acid groups (broad SMARTS) is 1. The molecule has 0 radical (unpaired) electrons. The molecular formula is C12H14F3NO3. The van der Waals surface area contributed by atoms with Gasteiger partial charge in [-0.1, -0.05) is 12.1 Å². The van der Waals surface area contributed by atoms with Gasteiger partial charge in [-0.15, -0.1) is 13.2 Å². The Bertz CT molecular complexity index is 448. The molecule has 0 saturated carbocycles. The molecule has 0 saturated heterocycles. The molecule has 0 aliphatic rings. The molecule has 7 heteroatoms. The van der Waals surface area contributed by atoms with E-state index < -0.39 is 18.4 Å². The minimum Gasteiger partial charge on any atom is -0.480 e. The summed E-state index contributed by atoms with van der Waals surface area (Å²) in [7, 11) is 1.58. The highest BCUT2D eigenvalue weighted by molar-refractivity contribution is 5.72.